The Kier molecular flexibility index (Phi) is 3.06. The van der Waals surface area contributed by atoms with Crippen molar-refractivity contribution in [2.45, 2.75) is 6.42 Å². The second-order valence-electron chi connectivity index (χ2n) is 4.71. The smallest absolute Gasteiger partial charge is 0.160 e. The highest BCUT2D eigenvalue weighted by Crippen LogP contribution is 2.32. The Bertz CT molecular complexity index is 675. The first kappa shape index (κ1) is 12.5. The minimum Gasteiger partial charge on any atom is -0.508 e. The molecule has 4 nitrogen and oxygen atoms in total. The molecule has 0 fully saturated rings. The van der Waals surface area contributed by atoms with E-state index >= 15 is 0 Å². The van der Waals surface area contributed by atoms with Gasteiger partial charge in [0.1, 0.15) is 5.75 Å². The minimum absolute atomic E-state index is 0.111. The summed E-state index contributed by atoms with van der Waals surface area (Å²) >= 11 is 0. The second kappa shape index (κ2) is 4.89. The van der Waals surface area contributed by atoms with E-state index < -0.39 is 0 Å². The van der Waals surface area contributed by atoms with Crippen LogP contribution in [0.4, 0.5) is 0 Å². The standard InChI is InChI=1S/C16H15NO3/c1-20-15-8-11-6-7-17-16(13(11)9-14(15)19)10-2-4-12(18)5-3-10/h2-5,8-9,18-19H,6-7H2,1H3. The normalized spacial score (nSPS) is 13.6. The molecule has 102 valence electrons. The quantitative estimate of drug-likeness (QED) is 0.880. The molecule has 0 atom stereocenters. The number of benzene rings is 2. The number of hydrogen-bond donors (Lipinski definition) is 2. The zero-order chi connectivity index (χ0) is 14.1. The van der Waals surface area contributed by atoms with Crippen LogP contribution in [0.2, 0.25) is 0 Å². The van der Waals surface area contributed by atoms with Crippen molar-refractivity contribution < 1.29 is 14.9 Å². The Morgan fingerprint density at radius 2 is 1.85 bits per heavy atom. The first-order chi connectivity index (χ1) is 9.69. The van der Waals surface area contributed by atoms with Gasteiger partial charge in [0.25, 0.3) is 0 Å². The summed E-state index contributed by atoms with van der Waals surface area (Å²) in [6.07, 6.45) is 0.827. The van der Waals surface area contributed by atoms with Gasteiger partial charge in [-0.05, 0) is 48.4 Å². The zero-order valence-electron chi connectivity index (χ0n) is 11.1. The number of ether oxygens (including phenoxy) is 1. The monoisotopic (exact) mass is 269 g/mol. The molecule has 0 saturated heterocycles. The number of nitrogens with zero attached hydrogens (tertiary/aromatic N) is 1. The molecule has 0 bridgehead atoms. The van der Waals surface area contributed by atoms with Crippen molar-refractivity contribution in [2.24, 2.45) is 4.99 Å². The van der Waals surface area contributed by atoms with Crippen LogP contribution < -0.4 is 4.74 Å². The average Bonchev–Trinajstić information content (AvgIpc) is 2.47. The van der Waals surface area contributed by atoms with Crippen molar-refractivity contribution >= 4 is 5.71 Å². The first-order valence-electron chi connectivity index (χ1n) is 6.43. The molecule has 0 amide bonds. The van der Waals surface area contributed by atoms with Gasteiger partial charge in [-0.15, -0.1) is 0 Å². The molecule has 2 aromatic rings. The molecule has 1 heterocycles. The van der Waals surface area contributed by atoms with Gasteiger partial charge in [-0.25, -0.2) is 0 Å². The van der Waals surface area contributed by atoms with Crippen LogP contribution in [0.25, 0.3) is 0 Å². The number of aliphatic imine (C=N–C) groups is 1. The van der Waals surface area contributed by atoms with Crippen LogP contribution >= 0.6 is 0 Å². The number of aromatic hydroxyl groups is 2. The molecule has 2 aromatic carbocycles. The predicted octanol–water partition coefficient (Wildman–Crippen LogP) is 2.50. The van der Waals surface area contributed by atoms with Gasteiger partial charge < -0.3 is 14.9 Å². The lowest BCUT2D eigenvalue weighted by Crippen LogP contribution is -2.14. The Morgan fingerprint density at radius 1 is 1.10 bits per heavy atom. The fourth-order valence-corrected chi connectivity index (χ4v) is 2.44. The average molecular weight is 269 g/mol. The Morgan fingerprint density at radius 3 is 2.55 bits per heavy atom. The van der Waals surface area contributed by atoms with Crippen molar-refractivity contribution in [3.63, 3.8) is 0 Å². The summed E-state index contributed by atoms with van der Waals surface area (Å²) < 4.78 is 5.14. The molecule has 4 heteroatoms. The number of phenols is 2. The molecule has 3 rings (SSSR count). The van der Waals surface area contributed by atoms with Crippen LogP contribution in [0, 0.1) is 0 Å². The largest absolute Gasteiger partial charge is 0.508 e. The van der Waals surface area contributed by atoms with Crippen LogP contribution in [0.5, 0.6) is 17.2 Å². The van der Waals surface area contributed by atoms with Crippen molar-refractivity contribution in [2.75, 3.05) is 13.7 Å². The van der Waals surface area contributed by atoms with Gasteiger partial charge in [-0.2, -0.15) is 0 Å². The van der Waals surface area contributed by atoms with Crippen molar-refractivity contribution in [3.05, 3.63) is 53.1 Å². The summed E-state index contributed by atoms with van der Waals surface area (Å²) in [5.74, 6) is 0.818. The fourth-order valence-electron chi connectivity index (χ4n) is 2.44. The number of rotatable bonds is 2. The van der Waals surface area contributed by atoms with E-state index in [1.54, 1.807) is 25.3 Å². The van der Waals surface area contributed by atoms with E-state index in [9.17, 15) is 10.2 Å². The lowest BCUT2D eigenvalue weighted by atomic mass is 9.93. The van der Waals surface area contributed by atoms with Gasteiger partial charge in [0.15, 0.2) is 11.5 Å². The maximum absolute atomic E-state index is 9.96. The summed E-state index contributed by atoms with van der Waals surface area (Å²) in [6.45, 7) is 0.705. The van der Waals surface area contributed by atoms with Crippen LogP contribution in [-0.2, 0) is 6.42 Å². The van der Waals surface area contributed by atoms with E-state index in [4.69, 9.17) is 4.74 Å². The van der Waals surface area contributed by atoms with Crippen molar-refractivity contribution in [1.29, 1.82) is 0 Å². The van der Waals surface area contributed by atoms with Crippen LogP contribution in [0.15, 0.2) is 41.4 Å². The molecule has 0 saturated carbocycles. The van der Waals surface area contributed by atoms with Gasteiger partial charge in [0, 0.05) is 17.7 Å². The number of fused-ring (bicyclic) bond motifs is 1. The molecule has 0 radical (unpaired) electrons. The summed E-state index contributed by atoms with van der Waals surface area (Å²) in [7, 11) is 1.54. The van der Waals surface area contributed by atoms with E-state index in [1.165, 1.54) is 0 Å². The number of phenolic OH excluding ortho intramolecular Hbond substituents is 2. The van der Waals surface area contributed by atoms with Gasteiger partial charge in [0.2, 0.25) is 0 Å². The summed E-state index contributed by atoms with van der Waals surface area (Å²) in [5, 5.41) is 19.3. The molecule has 0 spiro atoms. The molecule has 0 aliphatic carbocycles. The lowest BCUT2D eigenvalue weighted by molar-refractivity contribution is 0.373. The number of hydrogen-bond acceptors (Lipinski definition) is 4. The molecule has 1 aliphatic rings. The van der Waals surface area contributed by atoms with E-state index in [1.807, 2.05) is 18.2 Å². The highest BCUT2D eigenvalue weighted by atomic mass is 16.5. The van der Waals surface area contributed by atoms with E-state index in [-0.39, 0.29) is 11.5 Å². The van der Waals surface area contributed by atoms with Gasteiger partial charge in [0.05, 0.1) is 12.8 Å². The second-order valence-corrected chi connectivity index (χ2v) is 4.71. The molecule has 0 unspecified atom stereocenters. The Hall–Kier alpha value is -2.49. The predicted molar refractivity (Wildman–Crippen MR) is 77.0 cm³/mol. The maximum Gasteiger partial charge on any atom is 0.160 e. The number of methoxy groups -OCH3 is 1. The molecule has 0 aromatic heterocycles. The highest BCUT2D eigenvalue weighted by Gasteiger charge is 2.18. The molecule has 1 aliphatic heterocycles. The lowest BCUT2D eigenvalue weighted by Gasteiger charge is -2.19. The molecule has 2 N–H and O–H groups in total. The third-order valence-electron chi connectivity index (χ3n) is 3.45. The van der Waals surface area contributed by atoms with Gasteiger partial charge >= 0.3 is 0 Å². The summed E-state index contributed by atoms with van der Waals surface area (Å²) in [4.78, 5) is 4.55. The van der Waals surface area contributed by atoms with E-state index in [0.29, 0.717) is 12.3 Å². The van der Waals surface area contributed by atoms with Crippen LogP contribution in [-0.4, -0.2) is 29.6 Å². The fraction of sp³-hybridized carbons (Fsp3) is 0.188. The molecule has 20 heavy (non-hydrogen) atoms. The zero-order valence-corrected chi connectivity index (χ0v) is 11.1. The topological polar surface area (TPSA) is 62.0 Å². The van der Waals surface area contributed by atoms with Gasteiger partial charge in [-0.3, -0.25) is 4.99 Å². The third kappa shape index (κ3) is 2.09. The minimum atomic E-state index is 0.111. The summed E-state index contributed by atoms with van der Waals surface area (Å²) in [5.41, 5.74) is 3.79. The summed E-state index contributed by atoms with van der Waals surface area (Å²) in [6, 6.07) is 10.5. The SMILES string of the molecule is COc1cc2c(cc1O)C(c1ccc(O)cc1)=NCC2. The molecular weight excluding hydrogens is 254 g/mol. The molecular formula is C16H15NO3. The first-order valence-corrected chi connectivity index (χ1v) is 6.43. The van der Waals surface area contributed by atoms with E-state index in [2.05, 4.69) is 4.99 Å². The Balaban J connectivity index is 2.10. The van der Waals surface area contributed by atoms with Crippen molar-refractivity contribution in [1.82, 2.24) is 0 Å². The van der Waals surface area contributed by atoms with Gasteiger partial charge in [-0.1, -0.05) is 0 Å². The third-order valence-corrected chi connectivity index (χ3v) is 3.45. The van der Waals surface area contributed by atoms with Crippen LogP contribution in [0.1, 0.15) is 16.7 Å². The van der Waals surface area contributed by atoms with Crippen molar-refractivity contribution in [3.8, 4) is 17.2 Å². The maximum atomic E-state index is 9.96. The highest BCUT2D eigenvalue weighted by molar-refractivity contribution is 6.14. The Labute approximate surface area is 117 Å². The van der Waals surface area contributed by atoms with E-state index in [0.717, 1.165) is 28.8 Å². The van der Waals surface area contributed by atoms with Crippen LogP contribution in [0.3, 0.4) is 0 Å².